The summed E-state index contributed by atoms with van der Waals surface area (Å²) < 4.78 is 4.69. The third-order valence-corrected chi connectivity index (χ3v) is 8.55. The standard InChI is InChI=1S/C20H24O2Si/c1-22-20(21)16-10-15-19(17-11-6-4-7-12-17)23(2,3)18-13-8-5-9-14-18/h4-14,16,19H,15H2,1-3H3/b16-10+. The SMILES string of the molecule is COC(=O)/C=C/CC(c1ccccc1)[Si](C)(C)c1ccccc1. The lowest BCUT2D eigenvalue weighted by Gasteiger charge is -2.33. The van der Waals surface area contributed by atoms with Gasteiger partial charge < -0.3 is 4.74 Å². The Hall–Kier alpha value is -2.13. The van der Waals surface area contributed by atoms with Gasteiger partial charge in [-0.3, -0.25) is 0 Å². The molecule has 2 nitrogen and oxygen atoms in total. The van der Waals surface area contributed by atoms with Gasteiger partial charge in [-0.25, -0.2) is 4.79 Å². The Morgan fingerprint density at radius 3 is 2.17 bits per heavy atom. The highest BCUT2D eigenvalue weighted by Gasteiger charge is 2.33. The molecule has 0 fully saturated rings. The van der Waals surface area contributed by atoms with Crippen LogP contribution in [0.2, 0.25) is 13.1 Å². The Balaban J connectivity index is 2.33. The van der Waals surface area contributed by atoms with Crippen LogP contribution in [0.25, 0.3) is 0 Å². The Kier molecular flexibility index (Phi) is 5.94. The van der Waals surface area contributed by atoms with Crippen LogP contribution in [0.4, 0.5) is 0 Å². The summed E-state index contributed by atoms with van der Waals surface area (Å²) in [5, 5.41) is 1.43. The highest BCUT2D eigenvalue weighted by atomic mass is 28.3. The van der Waals surface area contributed by atoms with E-state index in [2.05, 4.69) is 67.7 Å². The lowest BCUT2D eigenvalue weighted by atomic mass is 10.1. The van der Waals surface area contributed by atoms with E-state index in [4.69, 9.17) is 4.74 Å². The van der Waals surface area contributed by atoms with Crippen molar-refractivity contribution in [1.82, 2.24) is 0 Å². The summed E-state index contributed by atoms with van der Waals surface area (Å²) in [6.07, 6.45) is 4.32. The molecule has 3 heteroatoms. The van der Waals surface area contributed by atoms with Gasteiger partial charge in [0.15, 0.2) is 0 Å². The molecule has 0 radical (unpaired) electrons. The van der Waals surface area contributed by atoms with E-state index >= 15 is 0 Å². The summed E-state index contributed by atoms with van der Waals surface area (Å²) in [6, 6.07) is 21.3. The van der Waals surface area contributed by atoms with Crippen molar-refractivity contribution >= 4 is 19.2 Å². The van der Waals surface area contributed by atoms with Gasteiger partial charge in [0.2, 0.25) is 0 Å². The molecule has 0 heterocycles. The second-order valence-electron chi connectivity index (χ2n) is 6.21. The number of methoxy groups -OCH3 is 1. The zero-order chi connectivity index (χ0) is 16.7. The van der Waals surface area contributed by atoms with Crippen LogP contribution in [0.1, 0.15) is 17.5 Å². The molecule has 0 aliphatic rings. The third-order valence-electron chi connectivity index (χ3n) is 4.42. The van der Waals surface area contributed by atoms with Crippen molar-refractivity contribution in [3.63, 3.8) is 0 Å². The molecule has 120 valence electrons. The van der Waals surface area contributed by atoms with Gasteiger partial charge in [-0.1, -0.05) is 85.0 Å². The monoisotopic (exact) mass is 324 g/mol. The smallest absolute Gasteiger partial charge is 0.330 e. The number of allylic oxidation sites excluding steroid dienone is 1. The number of carbonyl (C=O) groups is 1. The maximum Gasteiger partial charge on any atom is 0.330 e. The average molecular weight is 324 g/mol. The first-order valence-corrected chi connectivity index (χ1v) is 11.0. The Labute approximate surface area is 139 Å². The maximum atomic E-state index is 11.4. The molecule has 2 aromatic carbocycles. The predicted molar refractivity (Wildman–Crippen MR) is 98.5 cm³/mol. The highest BCUT2D eigenvalue weighted by Crippen LogP contribution is 2.30. The molecule has 0 spiro atoms. The van der Waals surface area contributed by atoms with Crippen LogP contribution in [0, 0.1) is 0 Å². The van der Waals surface area contributed by atoms with Crippen molar-refractivity contribution in [3.8, 4) is 0 Å². The molecule has 0 saturated carbocycles. The van der Waals surface area contributed by atoms with Gasteiger partial charge in [0.1, 0.15) is 0 Å². The molecule has 1 unspecified atom stereocenters. The predicted octanol–water partition coefficient (Wildman–Crippen LogP) is 4.04. The molecular weight excluding hydrogens is 300 g/mol. The van der Waals surface area contributed by atoms with E-state index in [-0.39, 0.29) is 5.97 Å². The zero-order valence-corrected chi connectivity index (χ0v) is 15.0. The van der Waals surface area contributed by atoms with Crippen molar-refractivity contribution in [2.75, 3.05) is 7.11 Å². The fraction of sp³-hybridized carbons (Fsp3) is 0.250. The minimum Gasteiger partial charge on any atom is -0.466 e. The van der Waals surface area contributed by atoms with E-state index < -0.39 is 8.07 Å². The Bertz CT molecular complexity index is 648. The van der Waals surface area contributed by atoms with Crippen LogP contribution in [-0.4, -0.2) is 21.2 Å². The average Bonchev–Trinajstić information content (AvgIpc) is 2.59. The molecular formula is C20H24O2Si. The lowest BCUT2D eigenvalue weighted by Crippen LogP contribution is -2.47. The third kappa shape index (κ3) is 4.42. The highest BCUT2D eigenvalue weighted by molar-refractivity contribution is 6.90. The number of rotatable bonds is 6. The minimum absolute atomic E-state index is 0.295. The Morgan fingerprint density at radius 2 is 1.61 bits per heavy atom. The van der Waals surface area contributed by atoms with Crippen LogP contribution in [0.15, 0.2) is 72.8 Å². The number of benzene rings is 2. The molecule has 23 heavy (non-hydrogen) atoms. The topological polar surface area (TPSA) is 26.3 Å². The summed E-state index contributed by atoms with van der Waals surface area (Å²) in [4.78, 5) is 11.4. The molecule has 0 aliphatic heterocycles. The molecule has 0 bridgehead atoms. The van der Waals surface area contributed by atoms with E-state index in [1.807, 2.05) is 12.1 Å². The summed E-state index contributed by atoms with van der Waals surface area (Å²) in [7, 11) is -0.328. The largest absolute Gasteiger partial charge is 0.466 e. The van der Waals surface area contributed by atoms with Crippen molar-refractivity contribution < 1.29 is 9.53 Å². The number of hydrogen-bond donors (Lipinski definition) is 0. The fourth-order valence-corrected chi connectivity index (χ4v) is 6.18. The van der Waals surface area contributed by atoms with Gasteiger partial charge >= 0.3 is 5.97 Å². The molecule has 0 N–H and O–H groups in total. The number of carbonyl (C=O) groups excluding carboxylic acids is 1. The molecule has 2 rings (SSSR count). The van der Waals surface area contributed by atoms with Crippen LogP contribution in [0.3, 0.4) is 0 Å². The van der Waals surface area contributed by atoms with Crippen molar-refractivity contribution in [2.24, 2.45) is 0 Å². The molecule has 0 saturated heterocycles. The second-order valence-corrected chi connectivity index (χ2v) is 10.9. The fourth-order valence-electron chi connectivity index (χ4n) is 2.97. The second kappa shape index (κ2) is 7.93. The minimum atomic E-state index is -1.74. The van der Waals surface area contributed by atoms with E-state index in [1.54, 1.807) is 0 Å². The van der Waals surface area contributed by atoms with Crippen molar-refractivity contribution in [2.45, 2.75) is 25.1 Å². The van der Waals surface area contributed by atoms with Crippen molar-refractivity contribution in [1.29, 1.82) is 0 Å². The van der Waals surface area contributed by atoms with E-state index in [0.29, 0.717) is 5.54 Å². The van der Waals surface area contributed by atoms with Gasteiger partial charge in [-0.2, -0.15) is 0 Å². The molecule has 0 aromatic heterocycles. The first-order valence-electron chi connectivity index (χ1n) is 7.90. The van der Waals surface area contributed by atoms with Gasteiger partial charge in [-0.05, 0) is 17.5 Å². The summed E-state index contributed by atoms with van der Waals surface area (Å²) >= 11 is 0. The van der Waals surface area contributed by atoms with E-state index in [1.165, 1.54) is 23.9 Å². The lowest BCUT2D eigenvalue weighted by molar-refractivity contribution is -0.134. The van der Waals surface area contributed by atoms with Gasteiger partial charge in [0, 0.05) is 6.08 Å². The first kappa shape index (κ1) is 17.2. The molecule has 2 aromatic rings. The van der Waals surface area contributed by atoms with Crippen LogP contribution < -0.4 is 5.19 Å². The van der Waals surface area contributed by atoms with E-state index in [0.717, 1.165) is 6.42 Å². The number of hydrogen-bond acceptors (Lipinski definition) is 2. The number of esters is 1. The Morgan fingerprint density at radius 1 is 1.04 bits per heavy atom. The number of ether oxygens (including phenoxy) is 1. The van der Waals surface area contributed by atoms with Crippen LogP contribution in [-0.2, 0) is 9.53 Å². The molecule has 0 amide bonds. The normalized spacial score (nSPS) is 13.0. The quantitative estimate of drug-likeness (QED) is 0.455. The van der Waals surface area contributed by atoms with Crippen LogP contribution >= 0.6 is 0 Å². The maximum absolute atomic E-state index is 11.4. The van der Waals surface area contributed by atoms with E-state index in [9.17, 15) is 4.79 Å². The first-order chi connectivity index (χ1) is 11.1. The van der Waals surface area contributed by atoms with Gasteiger partial charge in [0.05, 0.1) is 15.2 Å². The van der Waals surface area contributed by atoms with Crippen LogP contribution in [0.5, 0.6) is 0 Å². The zero-order valence-electron chi connectivity index (χ0n) is 14.0. The summed E-state index contributed by atoms with van der Waals surface area (Å²) in [5.41, 5.74) is 1.74. The molecule has 1 atom stereocenters. The van der Waals surface area contributed by atoms with Gasteiger partial charge in [0.25, 0.3) is 0 Å². The molecule has 0 aliphatic carbocycles. The van der Waals surface area contributed by atoms with Crippen molar-refractivity contribution in [3.05, 3.63) is 78.4 Å². The summed E-state index contributed by atoms with van der Waals surface area (Å²) in [5.74, 6) is -0.295. The summed E-state index contributed by atoms with van der Waals surface area (Å²) in [6.45, 7) is 4.79. The van der Waals surface area contributed by atoms with Gasteiger partial charge in [-0.15, -0.1) is 0 Å².